The minimum atomic E-state index is -3.48. The largest absolute Gasteiger partial charge is 0.507 e. The minimum Gasteiger partial charge on any atom is -0.507 e. The molecule has 0 bridgehead atoms. The van der Waals surface area contributed by atoms with E-state index in [0.29, 0.717) is 0 Å². The molecule has 2 aromatic carbocycles. The lowest BCUT2D eigenvalue weighted by atomic mass is 10.00. The molecule has 1 fully saturated rings. The normalized spacial score (nSPS) is 14.3. The lowest BCUT2D eigenvalue weighted by Crippen LogP contribution is -2.26. The molecule has 6 nitrogen and oxygen atoms in total. The second-order valence-electron chi connectivity index (χ2n) is 7.15. The number of benzene rings is 2. The summed E-state index contributed by atoms with van der Waals surface area (Å²) in [6.45, 7) is 4.27. The van der Waals surface area contributed by atoms with Crippen molar-refractivity contribution in [3.63, 3.8) is 0 Å². The molecule has 0 saturated heterocycles. The molecule has 0 aromatic heterocycles. The van der Waals surface area contributed by atoms with Crippen LogP contribution in [0.15, 0.2) is 47.4 Å². The highest BCUT2D eigenvalue weighted by Crippen LogP contribution is 2.24. The summed E-state index contributed by atoms with van der Waals surface area (Å²) in [4.78, 5) is 12.6. The Kier molecular flexibility index (Phi) is 5.53. The number of phenols is 1. The summed E-state index contributed by atoms with van der Waals surface area (Å²) in [6.07, 6.45) is 1.77. The Morgan fingerprint density at radius 3 is 2.41 bits per heavy atom. The summed E-state index contributed by atoms with van der Waals surface area (Å²) in [5, 5.41) is 12.7. The molecule has 27 heavy (non-hydrogen) atoms. The van der Waals surface area contributed by atoms with Gasteiger partial charge in [0.05, 0.1) is 10.5 Å². The molecule has 0 unspecified atom stereocenters. The van der Waals surface area contributed by atoms with Crippen molar-refractivity contribution in [3.8, 4) is 5.75 Å². The number of hydrogen-bond acceptors (Lipinski definition) is 4. The number of sulfonamides is 1. The number of hydrogen-bond donors (Lipinski definition) is 3. The van der Waals surface area contributed by atoms with Crippen LogP contribution in [0.5, 0.6) is 5.75 Å². The minimum absolute atomic E-state index is 0.0586. The van der Waals surface area contributed by atoms with Gasteiger partial charge in [-0.2, -0.15) is 0 Å². The summed E-state index contributed by atoms with van der Waals surface area (Å²) >= 11 is 0. The van der Waals surface area contributed by atoms with Gasteiger partial charge in [0.2, 0.25) is 10.0 Å². The quantitative estimate of drug-likeness (QED) is 0.680. The summed E-state index contributed by atoms with van der Waals surface area (Å²) in [7, 11) is -3.48. The fourth-order valence-corrected chi connectivity index (χ4v) is 3.95. The Balaban J connectivity index is 1.64. The number of rotatable bonds is 7. The first-order valence-electron chi connectivity index (χ1n) is 8.98. The van der Waals surface area contributed by atoms with Crippen LogP contribution < -0.4 is 10.0 Å². The van der Waals surface area contributed by atoms with Gasteiger partial charge in [0.1, 0.15) is 5.75 Å². The third-order valence-corrected chi connectivity index (χ3v) is 6.05. The van der Waals surface area contributed by atoms with Crippen molar-refractivity contribution in [1.29, 1.82) is 0 Å². The highest BCUT2D eigenvalue weighted by atomic mass is 32.2. The Bertz CT molecular complexity index is 933. The first-order valence-corrected chi connectivity index (χ1v) is 10.5. The van der Waals surface area contributed by atoms with Gasteiger partial charge in [-0.3, -0.25) is 4.79 Å². The second kappa shape index (κ2) is 7.70. The summed E-state index contributed by atoms with van der Waals surface area (Å²) in [5.74, 6) is -0.192. The second-order valence-corrected chi connectivity index (χ2v) is 8.87. The van der Waals surface area contributed by atoms with E-state index in [1.165, 1.54) is 18.2 Å². The molecule has 1 aliphatic carbocycles. The van der Waals surface area contributed by atoms with Gasteiger partial charge in [-0.1, -0.05) is 32.0 Å². The highest BCUT2D eigenvalue weighted by Gasteiger charge is 2.27. The SMILES string of the molecule is CC(C)c1ccc(O)c(C(=O)NCc2ccc(S(=O)(=O)NC3CC3)cc2)c1. The highest BCUT2D eigenvalue weighted by molar-refractivity contribution is 7.89. The summed E-state index contributed by atoms with van der Waals surface area (Å²) in [6, 6.07) is 11.5. The van der Waals surface area contributed by atoms with E-state index in [0.717, 1.165) is 24.0 Å². The fourth-order valence-electron chi connectivity index (χ4n) is 2.65. The van der Waals surface area contributed by atoms with Crippen LogP contribution in [0.4, 0.5) is 0 Å². The Morgan fingerprint density at radius 2 is 1.81 bits per heavy atom. The van der Waals surface area contributed by atoms with E-state index < -0.39 is 10.0 Å². The molecule has 0 radical (unpaired) electrons. The van der Waals surface area contributed by atoms with Crippen LogP contribution in [0.2, 0.25) is 0 Å². The predicted molar refractivity (Wildman–Crippen MR) is 103 cm³/mol. The standard InChI is InChI=1S/C20H24N2O4S/c1-13(2)15-5-10-19(23)18(11-15)20(24)21-12-14-3-8-17(9-4-14)27(25,26)22-16-6-7-16/h3-5,8-11,13,16,22-23H,6-7,12H2,1-2H3,(H,21,24). The molecule has 1 saturated carbocycles. The monoisotopic (exact) mass is 388 g/mol. The summed E-state index contributed by atoms with van der Waals surface area (Å²) in [5.41, 5.74) is 1.97. The van der Waals surface area contributed by atoms with Gasteiger partial charge in [0.15, 0.2) is 0 Å². The van der Waals surface area contributed by atoms with Crippen molar-refractivity contribution < 1.29 is 18.3 Å². The number of nitrogens with one attached hydrogen (secondary N) is 2. The van der Waals surface area contributed by atoms with E-state index >= 15 is 0 Å². The Morgan fingerprint density at radius 1 is 1.15 bits per heavy atom. The number of carbonyl (C=O) groups excluding carboxylic acids is 1. The van der Waals surface area contributed by atoms with E-state index in [2.05, 4.69) is 10.0 Å². The molecule has 2 aromatic rings. The maximum atomic E-state index is 12.4. The number of phenolic OH excluding ortho intramolecular Hbond substituents is 1. The van der Waals surface area contributed by atoms with Crippen molar-refractivity contribution in [3.05, 3.63) is 59.2 Å². The van der Waals surface area contributed by atoms with Crippen LogP contribution in [0, 0.1) is 0 Å². The topological polar surface area (TPSA) is 95.5 Å². The van der Waals surface area contributed by atoms with Gasteiger partial charge in [-0.05, 0) is 54.2 Å². The van der Waals surface area contributed by atoms with Crippen molar-refractivity contribution in [1.82, 2.24) is 10.0 Å². The average Bonchev–Trinajstić information content (AvgIpc) is 3.43. The third-order valence-electron chi connectivity index (χ3n) is 4.52. The Labute approximate surface area is 159 Å². The zero-order chi connectivity index (χ0) is 19.6. The van der Waals surface area contributed by atoms with Crippen LogP contribution in [0.1, 0.15) is 54.1 Å². The van der Waals surface area contributed by atoms with E-state index in [9.17, 15) is 18.3 Å². The van der Waals surface area contributed by atoms with Gasteiger partial charge in [0.25, 0.3) is 5.91 Å². The van der Waals surface area contributed by atoms with E-state index in [4.69, 9.17) is 0 Å². The smallest absolute Gasteiger partial charge is 0.255 e. The van der Waals surface area contributed by atoms with E-state index in [-0.39, 0.29) is 40.6 Å². The lowest BCUT2D eigenvalue weighted by molar-refractivity contribution is 0.0948. The molecule has 7 heteroatoms. The van der Waals surface area contributed by atoms with Crippen molar-refractivity contribution in [2.24, 2.45) is 0 Å². The fraction of sp³-hybridized carbons (Fsp3) is 0.350. The molecule has 0 aliphatic heterocycles. The van der Waals surface area contributed by atoms with Gasteiger partial charge < -0.3 is 10.4 Å². The van der Waals surface area contributed by atoms with Gasteiger partial charge in [0, 0.05) is 12.6 Å². The van der Waals surface area contributed by atoms with Crippen LogP contribution >= 0.6 is 0 Å². The number of aromatic hydroxyl groups is 1. The molecule has 3 rings (SSSR count). The first kappa shape index (κ1) is 19.4. The van der Waals surface area contributed by atoms with Crippen LogP contribution in [-0.2, 0) is 16.6 Å². The van der Waals surface area contributed by atoms with Gasteiger partial charge in [-0.15, -0.1) is 0 Å². The molecule has 1 amide bonds. The molecule has 0 spiro atoms. The number of carbonyl (C=O) groups is 1. The van der Waals surface area contributed by atoms with Crippen molar-refractivity contribution in [2.75, 3.05) is 0 Å². The van der Waals surface area contributed by atoms with E-state index in [1.54, 1.807) is 24.3 Å². The molecule has 1 aliphatic rings. The number of amides is 1. The Hall–Kier alpha value is -2.38. The van der Waals surface area contributed by atoms with Crippen LogP contribution in [-0.4, -0.2) is 25.5 Å². The van der Waals surface area contributed by atoms with Crippen LogP contribution in [0.25, 0.3) is 0 Å². The maximum absolute atomic E-state index is 12.4. The zero-order valence-electron chi connectivity index (χ0n) is 15.4. The third kappa shape index (κ3) is 4.87. The average molecular weight is 388 g/mol. The van der Waals surface area contributed by atoms with Gasteiger partial charge in [-0.25, -0.2) is 13.1 Å². The van der Waals surface area contributed by atoms with Crippen molar-refractivity contribution in [2.45, 2.75) is 50.1 Å². The molecule has 3 N–H and O–H groups in total. The maximum Gasteiger partial charge on any atom is 0.255 e. The van der Waals surface area contributed by atoms with Crippen LogP contribution in [0.3, 0.4) is 0 Å². The van der Waals surface area contributed by atoms with Gasteiger partial charge >= 0.3 is 0 Å². The molecule has 144 valence electrons. The van der Waals surface area contributed by atoms with E-state index in [1.807, 2.05) is 13.8 Å². The molecular formula is C20H24N2O4S. The molecule has 0 heterocycles. The zero-order valence-corrected chi connectivity index (χ0v) is 16.2. The summed E-state index contributed by atoms with van der Waals surface area (Å²) < 4.78 is 27.0. The first-order chi connectivity index (χ1) is 12.8. The lowest BCUT2D eigenvalue weighted by Gasteiger charge is -2.11. The molecule has 0 atom stereocenters. The van der Waals surface area contributed by atoms with Crippen molar-refractivity contribution >= 4 is 15.9 Å². The predicted octanol–water partition coefficient (Wildman–Crippen LogP) is 2.89. The molecular weight excluding hydrogens is 364 g/mol.